The van der Waals surface area contributed by atoms with Gasteiger partial charge in [0.25, 0.3) is 0 Å². The van der Waals surface area contributed by atoms with Crippen molar-refractivity contribution in [2.24, 2.45) is 0 Å². The number of hydrogen-bond acceptors (Lipinski definition) is 3. The molecule has 0 aliphatic carbocycles. The van der Waals surface area contributed by atoms with E-state index >= 15 is 0 Å². The van der Waals surface area contributed by atoms with Crippen LogP contribution >= 0.6 is 11.3 Å². The molecule has 0 fully saturated rings. The summed E-state index contributed by atoms with van der Waals surface area (Å²) in [6.07, 6.45) is 3.38. The molecular weight excluding hydrogens is 196 g/mol. The van der Waals surface area contributed by atoms with Gasteiger partial charge in [-0.3, -0.25) is 4.79 Å². The first-order valence-electron chi connectivity index (χ1n) is 4.47. The zero-order chi connectivity index (χ0) is 10.2. The molecule has 0 atom stereocenters. The van der Waals surface area contributed by atoms with E-state index in [-0.39, 0.29) is 5.91 Å². The highest BCUT2D eigenvalue weighted by Gasteiger charge is 1.93. The third-order valence-corrected chi connectivity index (χ3v) is 2.45. The van der Waals surface area contributed by atoms with Crippen molar-refractivity contribution < 1.29 is 4.79 Å². The molecule has 0 aromatic carbocycles. The van der Waals surface area contributed by atoms with Gasteiger partial charge in [-0.25, -0.2) is 0 Å². The minimum absolute atomic E-state index is 0.0475. The number of carbonyl (C=O) groups excluding carboxylic acids is 1. The highest BCUT2D eigenvalue weighted by molar-refractivity contribution is 7.10. The summed E-state index contributed by atoms with van der Waals surface area (Å²) < 4.78 is 0. The number of carbonyl (C=O) groups is 1. The van der Waals surface area contributed by atoms with Gasteiger partial charge in [0.1, 0.15) is 0 Å². The molecule has 1 aromatic rings. The topological polar surface area (TPSA) is 41.1 Å². The van der Waals surface area contributed by atoms with Gasteiger partial charge in [0, 0.05) is 24.0 Å². The molecule has 4 heteroatoms. The second-order valence-corrected chi connectivity index (χ2v) is 3.72. The Morgan fingerprint density at radius 1 is 1.57 bits per heavy atom. The van der Waals surface area contributed by atoms with Crippen LogP contribution in [-0.4, -0.2) is 26.0 Å². The smallest absolute Gasteiger partial charge is 0.244 e. The van der Waals surface area contributed by atoms with Crippen molar-refractivity contribution in [3.05, 3.63) is 28.5 Å². The minimum Gasteiger partial charge on any atom is -0.351 e. The Morgan fingerprint density at radius 3 is 3.07 bits per heavy atom. The second-order valence-electron chi connectivity index (χ2n) is 2.74. The highest BCUT2D eigenvalue weighted by Crippen LogP contribution is 2.09. The van der Waals surface area contributed by atoms with Crippen LogP contribution in [0.1, 0.15) is 4.88 Å². The minimum atomic E-state index is -0.0475. The predicted molar refractivity (Wildman–Crippen MR) is 60.3 cm³/mol. The van der Waals surface area contributed by atoms with Crippen LogP contribution in [0.2, 0.25) is 0 Å². The van der Waals surface area contributed by atoms with Crippen LogP contribution in [0.15, 0.2) is 23.6 Å². The summed E-state index contributed by atoms with van der Waals surface area (Å²) in [6.45, 7) is 1.45. The Hall–Kier alpha value is -1.13. The van der Waals surface area contributed by atoms with Gasteiger partial charge in [0.05, 0.1) is 0 Å². The fraction of sp³-hybridized carbons (Fsp3) is 0.300. The molecule has 0 aliphatic heterocycles. The van der Waals surface area contributed by atoms with Crippen LogP contribution in [0.25, 0.3) is 6.08 Å². The van der Waals surface area contributed by atoms with Gasteiger partial charge in [-0.2, -0.15) is 0 Å². The number of hydrogen-bond donors (Lipinski definition) is 2. The average Bonchev–Trinajstić information content (AvgIpc) is 2.68. The number of likely N-dealkylation sites (N-methyl/N-ethyl adjacent to an activating group) is 1. The van der Waals surface area contributed by atoms with Crippen LogP contribution in [0, 0.1) is 0 Å². The third kappa shape index (κ3) is 4.20. The van der Waals surface area contributed by atoms with Crippen molar-refractivity contribution in [1.29, 1.82) is 0 Å². The van der Waals surface area contributed by atoms with Gasteiger partial charge in [-0.05, 0) is 24.6 Å². The van der Waals surface area contributed by atoms with Gasteiger partial charge >= 0.3 is 0 Å². The van der Waals surface area contributed by atoms with E-state index in [0.717, 1.165) is 11.4 Å². The Labute approximate surface area is 87.8 Å². The number of nitrogens with one attached hydrogen (secondary N) is 2. The van der Waals surface area contributed by atoms with Crippen molar-refractivity contribution in [3.63, 3.8) is 0 Å². The van der Waals surface area contributed by atoms with E-state index in [1.54, 1.807) is 17.4 Å². The average molecular weight is 210 g/mol. The standard InChI is InChI=1S/C10H14N2OS/c1-11-6-7-12-10(13)5-4-9-3-2-8-14-9/h2-5,8,11H,6-7H2,1H3,(H,12,13). The fourth-order valence-corrected chi connectivity index (χ4v) is 1.53. The molecule has 0 saturated heterocycles. The maximum Gasteiger partial charge on any atom is 0.244 e. The van der Waals surface area contributed by atoms with Crippen molar-refractivity contribution in [3.8, 4) is 0 Å². The van der Waals surface area contributed by atoms with Gasteiger partial charge in [0.2, 0.25) is 5.91 Å². The fourth-order valence-electron chi connectivity index (χ4n) is 0.914. The van der Waals surface area contributed by atoms with Gasteiger partial charge in [-0.1, -0.05) is 6.07 Å². The molecule has 1 rings (SSSR count). The summed E-state index contributed by atoms with van der Waals surface area (Å²) in [5, 5.41) is 7.70. The van der Waals surface area contributed by atoms with E-state index < -0.39 is 0 Å². The Kier molecular flexibility index (Phi) is 4.96. The number of amides is 1. The molecule has 0 saturated carbocycles. The van der Waals surface area contributed by atoms with Crippen molar-refractivity contribution in [1.82, 2.24) is 10.6 Å². The molecule has 1 heterocycles. The molecule has 3 nitrogen and oxygen atoms in total. The lowest BCUT2D eigenvalue weighted by Crippen LogP contribution is -2.28. The summed E-state index contributed by atoms with van der Waals surface area (Å²) in [4.78, 5) is 12.3. The summed E-state index contributed by atoms with van der Waals surface area (Å²) in [7, 11) is 1.85. The van der Waals surface area contributed by atoms with E-state index in [1.165, 1.54) is 0 Å². The summed E-state index contributed by atoms with van der Waals surface area (Å²) in [5.41, 5.74) is 0. The number of thiophene rings is 1. The molecule has 1 amide bonds. The SMILES string of the molecule is CNCCNC(=O)C=Cc1cccs1. The van der Waals surface area contributed by atoms with E-state index in [9.17, 15) is 4.79 Å². The van der Waals surface area contributed by atoms with Crippen LogP contribution < -0.4 is 10.6 Å². The van der Waals surface area contributed by atoms with E-state index in [4.69, 9.17) is 0 Å². The van der Waals surface area contributed by atoms with Crippen LogP contribution in [0.5, 0.6) is 0 Å². The first-order valence-corrected chi connectivity index (χ1v) is 5.35. The van der Waals surface area contributed by atoms with Gasteiger partial charge in [0.15, 0.2) is 0 Å². The monoisotopic (exact) mass is 210 g/mol. The summed E-state index contributed by atoms with van der Waals surface area (Å²) >= 11 is 1.61. The van der Waals surface area contributed by atoms with Crippen molar-refractivity contribution in [2.75, 3.05) is 20.1 Å². The van der Waals surface area contributed by atoms with Crippen LogP contribution in [0.4, 0.5) is 0 Å². The molecule has 0 radical (unpaired) electrons. The normalized spacial score (nSPS) is 10.6. The molecule has 14 heavy (non-hydrogen) atoms. The molecule has 0 bridgehead atoms. The van der Waals surface area contributed by atoms with Crippen LogP contribution in [0.3, 0.4) is 0 Å². The first-order chi connectivity index (χ1) is 6.83. The molecule has 0 aliphatic rings. The maximum absolute atomic E-state index is 11.2. The predicted octanol–water partition coefficient (Wildman–Crippen LogP) is 1.10. The van der Waals surface area contributed by atoms with E-state index in [1.807, 2.05) is 30.6 Å². The number of rotatable bonds is 5. The molecule has 0 spiro atoms. The van der Waals surface area contributed by atoms with Crippen LogP contribution in [-0.2, 0) is 4.79 Å². The largest absolute Gasteiger partial charge is 0.351 e. The zero-order valence-electron chi connectivity index (χ0n) is 8.12. The van der Waals surface area contributed by atoms with Gasteiger partial charge < -0.3 is 10.6 Å². The van der Waals surface area contributed by atoms with Crippen molar-refractivity contribution >= 4 is 23.3 Å². The third-order valence-electron chi connectivity index (χ3n) is 1.62. The molecule has 0 unspecified atom stereocenters. The van der Waals surface area contributed by atoms with Crippen molar-refractivity contribution in [2.45, 2.75) is 0 Å². The first kappa shape index (κ1) is 10.9. The van der Waals surface area contributed by atoms with Gasteiger partial charge in [-0.15, -0.1) is 11.3 Å². The Morgan fingerprint density at radius 2 is 2.43 bits per heavy atom. The summed E-state index contributed by atoms with van der Waals surface area (Å²) in [6, 6.07) is 3.94. The summed E-state index contributed by atoms with van der Waals surface area (Å²) in [5.74, 6) is -0.0475. The molecule has 76 valence electrons. The Bertz CT molecular complexity index is 293. The molecular formula is C10H14N2OS. The second kappa shape index (κ2) is 6.34. The van der Waals surface area contributed by atoms with E-state index in [0.29, 0.717) is 6.54 Å². The quantitative estimate of drug-likeness (QED) is 0.564. The Balaban J connectivity index is 2.26. The zero-order valence-corrected chi connectivity index (χ0v) is 8.93. The molecule has 2 N–H and O–H groups in total. The lowest BCUT2D eigenvalue weighted by atomic mass is 10.4. The molecule has 1 aromatic heterocycles. The lowest BCUT2D eigenvalue weighted by molar-refractivity contribution is -0.116. The maximum atomic E-state index is 11.2. The van der Waals surface area contributed by atoms with E-state index in [2.05, 4.69) is 10.6 Å². The highest BCUT2D eigenvalue weighted by atomic mass is 32.1. The lowest BCUT2D eigenvalue weighted by Gasteiger charge is -1.99.